The third-order valence-corrected chi connectivity index (χ3v) is 13.1. The van der Waals surface area contributed by atoms with E-state index in [1.54, 1.807) is 41.5 Å². The molecule has 0 unspecified atom stereocenters. The van der Waals surface area contributed by atoms with Gasteiger partial charge in [0.05, 0.1) is 72.9 Å². The predicted molar refractivity (Wildman–Crippen MR) is 207 cm³/mol. The van der Waals surface area contributed by atoms with Crippen molar-refractivity contribution in [2.45, 2.75) is 225 Å². The lowest BCUT2D eigenvalue weighted by Crippen LogP contribution is -2.70. The Kier molecular flexibility index (Phi) is 16.6. The summed E-state index contributed by atoms with van der Waals surface area (Å²) in [5, 5.41) is 78.9. The molecule has 30 atom stereocenters. The summed E-state index contributed by atoms with van der Waals surface area (Å²) in [6.45, 7) is 9.48. The fourth-order valence-corrected chi connectivity index (χ4v) is 8.54. The molecule has 0 saturated carbocycles. The molecule has 362 valence electrons. The van der Waals surface area contributed by atoms with E-state index in [-0.39, 0.29) is 0 Å². The highest BCUT2D eigenvalue weighted by Gasteiger charge is 2.56. The molecule has 6 rings (SSSR count). The zero-order chi connectivity index (χ0) is 45.8. The number of nitrogens with two attached hydrogens (primary N) is 6. The molecule has 6 saturated heterocycles. The Morgan fingerprint density at radius 1 is 0.306 bits per heavy atom. The molecular weight excluding hydrogens is 832 g/mol. The van der Waals surface area contributed by atoms with Crippen molar-refractivity contribution in [3.63, 3.8) is 0 Å². The number of hydrogen-bond donors (Lipinski definition) is 13. The van der Waals surface area contributed by atoms with Gasteiger partial charge in [0.15, 0.2) is 37.7 Å². The topological polar surface area (TPSA) is 408 Å². The lowest BCUT2D eigenvalue weighted by atomic mass is 9.94. The van der Waals surface area contributed by atoms with Crippen LogP contribution in [-0.2, 0) is 56.8 Å². The van der Waals surface area contributed by atoms with Crippen LogP contribution >= 0.6 is 0 Å². The minimum absolute atomic E-state index is 0.710. The van der Waals surface area contributed by atoms with Crippen molar-refractivity contribution in [3.8, 4) is 0 Å². The highest BCUT2D eigenvalue weighted by Crippen LogP contribution is 2.37. The van der Waals surface area contributed by atoms with Crippen molar-refractivity contribution >= 4 is 0 Å². The molecule has 62 heavy (non-hydrogen) atoms. The molecule has 6 aliphatic rings. The van der Waals surface area contributed by atoms with Gasteiger partial charge in [-0.25, -0.2) is 0 Å². The normalized spacial score (nSPS) is 56.7. The minimum atomic E-state index is -1.66. The predicted octanol–water partition coefficient (Wildman–Crippen LogP) is -7.48. The summed E-state index contributed by atoms with van der Waals surface area (Å²) >= 11 is 0. The van der Waals surface area contributed by atoms with Crippen molar-refractivity contribution in [2.75, 3.05) is 7.11 Å². The van der Waals surface area contributed by atoms with Gasteiger partial charge in [0.2, 0.25) is 0 Å². The smallest absolute Gasteiger partial charge is 0.187 e. The molecule has 25 heteroatoms. The molecule has 0 radical (unpaired) electrons. The maximum Gasteiger partial charge on any atom is 0.187 e. The monoisotopic (exact) mass is 902 g/mol. The molecule has 6 aliphatic heterocycles. The molecule has 0 bridgehead atoms. The average molecular weight is 903 g/mol. The second-order valence-corrected chi connectivity index (χ2v) is 17.4. The van der Waals surface area contributed by atoms with Crippen LogP contribution in [0.2, 0.25) is 0 Å². The fourth-order valence-electron chi connectivity index (χ4n) is 8.54. The first-order valence-corrected chi connectivity index (χ1v) is 21.1. The number of methoxy groups -OCH3 is 1. The first-order chi connectivity index (χ1) is 29.1. The molecule has 0 aromatic heterocycles. The minimum Gasteiger partial charge on any atom is -0.388 e. The van der Waals surface area contributed by atoms with Crippen LogP contribution in [0.1, 0.15) is 41.5 Å². The Morgan fingerprint density at radius 2 is 0.500 bits per heavy atom. The van der Waals surface area contributed by atoms with Gasteiger partial charge in [-0.2, -0.15) is 0 Å². The van der Waals surface area contributed by atoms with Gasteiger partial charge >= 0.3 is 0 Å². The van der Waals surface area contributed by atoms with Crippen LogP contribution in [0.5, 0.6) is 0 Å². The lowest BCUT2D eigenvalue weighted by molar-refractivity contribution is -0.398. The molecular formula is C37H70N6O19. The first-order valence-electron chi connectivity index (χ1n) is 21.1. The molecule has 0 aliphatic carbocycles. The fraction of sp³-hybridized carbons (Fsp3) is 1.00. The summed E-state index contributed by atoms with van der Waals surface area (Å²) in [5.41, 5.74) is 37.5. The van der Waals surface area contributed by atoms with E-state index in [4.69, 9.17) is 91.2 Å². The lowest BCUT2D eigenvalue weighted by Gasteiger charge is -2.51. The van der Waals surface area contributed by atoms with E-state index in [1.807, 2.05) is 0 Å². The van der Waals surface area contributed by atoms with Gasteiger partial charge in [0.25, 0.3) is 0 Å². The molecule has 0 aromatic carbocycles. The van der Waals surface area contributed by atoms with Crippen molar-refractivity contribution in [1.82, 2.24) is 0 Å². The number of aliphatic hydroxyl groups excluding tert-OH is 7. The van der Waals surface area contributed by atoms with Crippen LogP contribution in [0.25, 0.3) is 0 Å². The van der Waals surface area contributed by atoms with Gasteiger partial charge in [0.1, 0.15) is 73.2 Å². The van der Waals surface area contributed by atoms with Crippen molar-refractivity contribution in [3.05, 3.63) is 0 Å². The van der Waals surface area contributed by atoms with Gasteiger partial charge in [-0.15, -0.1) is 0 Å². The van der Waals surface area contributed by atoms with Gasteiger partial charge in [-0.3, -0.25) is 0 Å². The number of ether oxygens (including phenoxy) is 12. The number of aliphatic hydroxyl groups is 7. The van der Waals surface area contributed by atoms with Crippen LogP contribution in [0.4, 0.5) is 0 Å². The molecule has 0 amide bonds. The van der Waals surface area contributed by atoms with E-state index in [2.05, 4.69) is 0 Å². The van der Waals surface area contributed by atoms with Crippen molar-refractivity contribution in [1.29, 1.82) is 0 Å². The van der Waals surface area contributed by atoms with E-state index in [0.717, 1.165) is 0 Å². The van der Waals surface area contributed by atoms with Gasteiger partial charge in [-0.05, 0) is 41.5 Å². The summed E-state index contributed by atoms with van der Waals surface area (Å²) in [7, 11) is 1.32. The first kappa shape index (κ1) is 50.4. The molecule has 0 aromatic rings. The SMILES string of the molecule is CO[C@@H]1[C@@H](O[C@@H]2[C@@H](O[C@@H]3[C@@H](O[C@@H]4[C@@H](O[C@@H]5[C@@H](O[C@H]6[C@@H](O)[C@H](N)[C@@H](C)O[C@@H]6O)O[C@H](C)[C@@H](N)[C@@H]5O)O[C@H](C)[C@@H](N)[C@@H]4O)O[C@H](C)[C@@H](N)[C@@H]3O)O[C@H](C)[C@@H](N)[C@@H]2O)O[C@H](C)[C@@H](N)[C@@H]1O. The number of hydrogen-bond acceptors (Lipinski definition) is 25. The molecule has 19 N–H and O–H groups in total. The van der Waals surface area contributed by atoms with Gasteiger partial charge in [-0.1, -0.05) is 0 Å². The third kappa shape index (κ3) is 9.98. The van der Waals surface area contributed by atoms with E-state index >= 15 is 0 Å². The summed E-state index contributed by atoms with van der Waals surface area (Å²) < 4.78 is 72.5. The van der Waals surface area contributed by atoms with E-state index in [9.17, 15) is 35.7 Å². The maximum atomic E-state index is 11.7. The van der Waals surface area contributed by atoms with Crippen LogP contribution in [0.3, 0.4) is 0 Å². The molecule has 6 heterocycles. The Morgan fingerprint density at radius 3 is 0.758 bits per heavy atom. The second-order valence-electron chi connectivity index (χ2n) is 17.4. The largest absolute Gasteiger partial charge is 0.388 e. The van der Waals surface area contributed by atoms with Crippen molar-refractivity contribution < 1.29 is 92.6 Å². The summed E-state index contributed by atoms with van der Waals surface area (Å²) in [6, 6.07) is -6.02. The summed E-state index contributed by atoms with van der Waals surface area (Å²) in [5.74, 6) is 0. The van der Waals surface area contributed by atoms with E-state index in [1.165, 1.54) is 7.11 Å². The second kappa shape index (κ2) is 20.5. The molecule has 25 nitrogen and oxygen atoms in total. The van der Waals surface area contributed by atoms with Gasteiger partial charge < -0.3 is 127 Å². The Bertz CT molecular complexity index is 1440. The van der Waals surface area contributed by atoms with Gasteiger partial charge in [0, 0.05) is 7.11 Å². The highest BCUT2D eigenvalue weighted by atomic mass is 16.8. The average Bonchev–Trinajstić information content (AvgIpc) is 3.22. The number of rotatable bonds is 11. The van der Waals surface area contributed by atoms with Crippen LogP contribution in [0.15, 0.2) is 0 Å². The van der Waals surface area contributed by atoms with Crippen LogP contribution < -0.4 is 34.4 Å². The summed E-state index contributed by atoms with van der Waals surface area (Å²) in [4.78, 5) is 0. The Labute approximate surface area is 359 Å². The Balaban J connectivity index is 1.27. The highest BCUT2D eigenvalue weighted by molar-refractivity contribution is 5.01. The standard InChI is InChI=1S/C37H70N6O19/c1-8-14(38)20(44)26(32(50)52-8)58-34-28(22(46)16(40)10(3)54-34)60-36-30(24(48)18(42)12(5)56-36)62-37-31(25(49)19(43)13(6)57-37)61-35-29(23(47)17(41)11(4)55-35)59-33-27(51-7)21(45)15(39)9(2)53-33/h8-37,44-50H,38-43H2,1-7H3/t8-,9-,10-,11-,12-,13-,14-,15-,16-,17-,18-,19-,20+,21+,22+,23+,24+,25+,26+,27+,28+,29+,30+,31+,32+,33-,34-,35-,36-,37-/m1/s1. The quantitative estimate of drug-likeness (QED) is 0.0916. The zero-order valence-corrected chi connectivity index (χ0v) is 35.8. The summed E-state index contributed by atoms with van der Waals surface area (Å²) in [6.07, 6.45) is -31.7. The van der Waals surface area contributed by atoms with E-state index in [0.29, 0.717) is 0 Å². The van der Waals surface area contributed by atoms with Crippen molar-refractivity contribution in [2.24, 2.45) is 34.4 Å². The molecule has 6 fully saturated rings. The zero-order valence-electron chi connectivity index (χ0n) is 35.8. The maximum absolute atomic E-state index is 11.7. The third-order valence-electron chi connectivity index (χ3n) is 13.1. The van der Waals surface area contributed by atoms with Crippen LogP contribution in [-0.4, -0.2) is 227 Å². The van der Waals surface area contributed by atoms with Crippen LogP contribution in [0, 0.1) is 0 Å². The van der Waals surface area contributed by atoms with E-state index < -0.39 is 184 Å². The molecule has 0 spiro atoms. The Hall–Kier alpha value is -1.00.